The highest BCUT2D eigenvalue weighted by molar-refractivity contribution is 6.34. The number of halogens is 2. The van der Waals surface area contributed by atoms with E-state index in [-0.39, 0.29) is 0 Å². The van der Waals surface area contributed by atoms with E-state index >= 15 is 0 Å². The molecule has 0 saturated carbocycles. The van der Waals surface area contributed by atoms with Crippen molar-refractivity contribution in [3.8, 4) is 0 Å². The summed E-state index contributed by atoms with van der Waals surface area (Å²) >= 11 is 11.4. The lowest BCUT2D eigenvalue weighted by atomic mass is 10.2. The first kappa shape index (κ1) is 7.64. The first-order chi connectivity index (χ1) is 4.72. The van der Waals surface area contributed by atoms with Gasteiger partial charge in [-0.1, -0.05) is 35.9 Å². The quantitative estimate of drug-likeness (QED) is 0.608. The van der Waals surface area contributed by atoms with E-state index in [9.17, 15) is 0 Å². The van der Waals surface area contributed by atoms with Crippen molar-refractivity contribution in [1.82, 2.24) is 0 Å². The second-order valence-electron chi connectivity index (χ2n) is 1.91. The van der Waals surface area contributed by atoms with Gasteiger partial charge in [0.25, 0.3) is 0 Å². The Morgan fingerprint density at radius 1 is 1.10 bits per heavy atom. The molecular weight excluding hydrogens is 167 g/mol. The Morgan fingerprint density at radius 3 is 2.00 bits per heavy atom. The summed E-state index contributed by atoms with van der Waals surface area (Å²) in [7, 11) is 0. The van der Waals surface area contributed by atoms with Crippen molar-refractivity contribution in [1.29, 1.82) is 0 Å². The third-order valence-electron chi connectivity index (χ3n) is 1.12. The fourth-order valence-electron chi connectivity index (χ4n) is 0.693. The van der Waals surface area contributed by atoms with Crippen molar-refractivity contribution < 1.29 is 0 Å². The zero-order valence-electron chi connectivity index (χ0n) is 5.27. The van der Waals surface area contributed by atoms with Crippen molar-refractivity contribution in [2.45, 2.75) is 0 Å². The maximum absolute atomic E-state index is 5.70. The third kappa shape index (κ3) is 1.76. The zero-order chi connectivity index (χ0) is 7.56. The van der Waals surface area contributed by atoms with E-state index in [1.807, 2.05) is 0 Å². The number of hydrogen-bond acceptors (Lipinski definition) is 0. The topological polar surface area (TPSA) is 0 Å². The molecule has 0 N–H and O–H groups in total. The van der Waals surface area contributed by atoms with Crippen LogP contribution in [0.3, 0.4) is 0 Å². The van der Waals surface area contributed by atoms with E-state index in [1.165, 1.54) is 0 Å². The van der Waals surface area contributed by atoms with Gasteiger partial charge in [-0.3, -0.25) is 0 Å². The Balaban J connectivity index is 3.18. The summed E-state index contributed by atoms with van der Waals surface area (Å²) in [5.41, 5.74) is 0.942. The van der Waals surface area contributed by atoms with Crippen LogP contribution < -0.4 is 0 Å². The Morgan fingerprint density at radius 2 is 1.60 bits per heavy atom. The maximum atomic E-state index is 5.70. The van der Waals surface area contributed by atoms with Crippen molar-refractivity contribution >= 4 is 29.3 Å². The third-order valence-corrected chi connectivity index (χ3v) is 1.56. The van der Waals surface area contributed by atoms with Crippen LogP contribution >= 0.6 is 23.2 Å². The van der Waals surface area contributed by atoms with E-state index in [2.05, 4.69) is 6.58 Å². The van der Waals surface area contributed by atoms with Crippen LogP contribution in [0.25, 0.3) is 6.08 Å². The van der Waals surface area contributed by atoms with E-state index in [1.54, 1.807) is 24.3 Å². The Hall–Kier alpha value is -0.460. The van der Waals surface area contributed by atoms with Crippen LogP contribution in [-0.4, -0.2) is 0 Å². The predicted octanol–water partition coefficient (Wildman–Crippen LogP) is 3.64. The molecule has 0 spiro atoms. The molecule has 0 aliphatic heterocycles. The molecule has 1 aromatic carbocycles. The standard InChI is InChI=1S/C8H6Cl2/c1-2-6-3-7(9)5-8(10)4-6/h2-5H,1H2. The summed E-state index contributed by atoms with van der Waals surface area (Å²) in [6.07, 6.45) is 1.71. The molecule has 0 atom stereocenters. The normalized spacial score (nSPS) is 9.40. The average Bonchev–Trinajstić information content (AvgIpc) is 1.85. The van der Waals surface area contributed by atoms with Gasteiger partial charge >= 0.3 is 0 Å². The Labute approximate surface area is 70.1 Å². The molecule has 10 heavy (non-hydrogen) atoms. The van der Waals surface area contributed by atoms with Crippen molar-refractivity contribution in [3.63, 3.8) is 0 Å². The maximum Gasteiger partial charge on any atom is 0.0426 e. The second kappa shape index (κ2) is 3.09. The van der Waals surface area contributed by atoms with Crippen molar-refractivity contribution in [2.75, 3.05) is 0 Å². The number of rotatable bonds is 1. The van der Waals surface area contributed by atoms with Gasteiger partial charge in [-0.2, -0.15) is 0 Å². The molecule has 0 saturated heterocycles. The van der Waals surface area contributed by atoms with Crippen LogP contribution in [0.1, 0.15) is 5.56 Å². The van der Waals surface area contributed by atoms with Gasteiger partial charge in [-0.25, -0.2) is 0 Å². The molecule has 0 nitrogen and oxygen atoms in total. The highest BCUT2D eigenvalue weighted by Gasteiger charge is 1.92. The Kier molecular flexibility index (Phi) is 2.36. The fraction of sp³-hybridized carbons (Fsp3) is 0. The fourth-order valence-corrected chi connectivity index (χ4v) is 1.24. The lowest BCUT2D eigenvalue weighted by molar-refractivity contribution is 1.66. The lowest BCUT2D eigenvalue weighted by Crippen LogP contribution is -1.71. The second-order valence-corrected chi connectivity index (χ2v) is 2.78. The molecule has 0 aromatic heterocycles. The van der Waals surface area contributed by atoms with E-state index in [0.717, 1.165) is 5.56 Å². The molecule has 0 heterocycles. The summed E-state index contributed by atoms with van der Waals surface area (Å²) in [5, 5.41) is 1.28. The first-order valence-corrected chi connectivity index (χ1v) is 3.56. The molecule has 2 heteroatoms. The molecule has 52 valence electrons. The van der Waals surface area contributed by atoms with Crippen LogP contribution in [0, 0.1) is 0 Å². The first-order valence-electron chi connectivity index (χ1n) is 2.81. The van der Waals surface area contributed by atoms with Gasteiger partial charge in [-0.15, -0.1) is 0 Å². The van der Waals surface area contributed by atoms with Crippen LogP contribution in [0.5, 0.6) is 0 Å². The molecule has 0 bridgehead atoms. The van der Waals surface area contributed by atoms with Crippen LogP contribution in [-0.2, 0) is 0 Å². The van der Waals surface area contributed by atoms with Crippen LogP contribution in [0.4, 0.5) is 0 Å². The summed E-state index contributed by atoms with van der Waals surface area (Å²) in [5.74, 6) is 0. The van der Waals surface area contributed by atoms with E-state index in [0.29, 0.717) is 10.0 Å². The highest BCUT2D eigenvalue weighted by Crippen LogP contribution is 2.19. The van der Waals surface area contributed by atoms with Gasteiger partial charge in [0, 0.05) is 10.0 Å². The molecule has 0 radical (unpaired) electrons. The van der Waals surface area contributed by atoms with Gasteiger partial charge in [0.15, 0.2) is 0 Å². The minimum atomic E-state index is 0.641. The van der Waals surface area contributed by atoms with Crippen LogP contribution in [0.2, 0.25) is 10.0 Å². The molecule has 0 aliphatic carbocycles. The molecule has 1 rings (SSSR count). The number of hydrogen-bond donors (Lipinski definition) is 0. The zero-order valence-corrected chi connectivity index (χ0v) is 6.78. The summed E-state index contributed by atoms with van der Waals surface area (Å²) in [6, 6.07) is 5.30. The predicted molar refractivity (Wildman–Crippen MR) is 46.6 cm³/mol. The summed E-state index contributed by atoms with van der Waals surface area (Å²) < 4.78 is 0. The van der Waals surface area contributed by atoms with Crippen molar-refractivity contribution in [3.05, 3.63) is 40.4 Å². The minimum Gasteiger partial charge on any atom is -0.0985 e. The van der Waals surface area contributed by atoms with Gasteiger partial charge in [-0.05, 0) is 23.8 Å². The molecular formula is C8H6Cl2. The Bertz CT molecular complexity index is 233. The van der Waals surface area contributed by atoms with Crippen LogP contribution in [0.15, 0.2) is 24.8 Å². The van der Waals surface area contributed by atoms with Gasteiger partial charge < -0.3 is 0 Å². The average molecular weight is 173 g/mol. The molecule has 0 amide bonds. The van der Waals surface area contributed by atoms with Gasteiger partial charge in [0.2, 0.25) is 0 Å². The molecule has 0 unspecified atom stereocenters. The SMILES string of the molecule is C=Cc1cc(Cl)cc(Cl)c1. The molecule has 0 fully saturated rings. The minimum absolute atomic E-state index is 0.641. The van der Waals surface area contributed by atoms with E-state index in [4.69, 9.17) is 23.2 Å². The monoisotopic (exact) mass is 172 g/mol. The molecule has 0 aliphatic rings. The largest absolute Gasteiger partial charge is 0.0985 e. The summed E-state index contributed by atoms with van der Waals surface area (Å²) in [4.78, 5) is 0. The van der Waals surface area contributed by atoms with Crippen molar-refractivity contribution in [2.24, 2.45) is 0 Å². The smallest absolute Gasteiger partial charge is 0.0426 e. The number of benzene rings is 1. The highest BCUT2D eigenvalue weighted by atomic mass is 35.5. The van der Waals surface area contributed by atoms with Gasteiger partial charge in [0.1, 0.15) is 0 Å². The summed E-state index contributed by atoms with van der Waals surface area (Å²) in [6.45, 7) is 3.60. The van der Waals surface area contributed by atoms with E-state index < -0.39 is 0 Å². The lowest BCUT2D eigenvalue weighted by Gasteiger charge is -1.94. The molecule has 1 aromatic rings. The van der Waals surface area contributed by atoms with Gasteiger partial charge in [0.05, 0.1) is 0 Å².